The number of benzene rings is 1. The molecule has 0 saturated carbocycles. The normalized spacial score (nSPS) is 11.9. The number of amides is 1. The van der Waals surface area contributed by atoms with Crippen LogP contribution in [0, 0.1) is 0 Å². The maximum atomic E-state index is 10.4. The highest BCUT2D eigenvalue weighted by molar-refractivity contribution is 6.32. The molecule has 0 spiro atoms. The Hall–Kier alpha value is -1.22. The predicted molar refractivity (Wildman–Crippen MR) is 69.6 cm³/mol. The predicted octanol–water partition coefficient (Wildman–Crippen LogP) is 2.81. The number of carbonyl (C=O) groups excluding carboxylic acids is 1. The second kappa shape index (κ2) is 7.17. The van der Waals surface area contributed by atoms with Gasteiger partial charge in [0, 0.05) is 6.04 Å². The second-order valence-electron chi connectivity index (χ2n) is 3.79. The quantitative estimate of drug-likeness (QED) is 0.761. The topological polar surface area (TPSA) is 38.3 Å². The van der Waals surface area contributed by atoms with E-state index in [0.29, 0.717) is 17.4 Å². The van der Waals surface area contributed by atoms with Gasteiger partial charge in [0.05, 0.1) is 11.6 Å². The summed E-state index contributed by atoms with van der Waals surface area (Å²) in [6.07, 6.45) is 2.42. The summed E-state index contributed by atoms with van der Waals surface area (Å²) in [7, 11) is 0. The molecule has 1 aromatic carbocycles. The number of hydrogen-bond donors (Lipinski definition) is 1. The van der Waals surface area contributed by atoms with E-state index >= 15 is 0 Å². The third-order valence-corrected chi connectivity index (χ3v) is 2.89. The summed E-state index contributed by atoms with van der Waals surface area (Å²) < 4.78 is 5.43. The maximum absolute atomic E-state index is 10.4. The van der Waals surface area contributed by atoms with Gasteiger partial charge in [-0.05, 0) is 37.5 Å². The molecule has 0 saturated heterocycles. The first-order valence-corrected chi connectivity index (χ1v) is 6.20. The average Bonchev–Trinajstić information content (AvgIpc) is 2.33. The smallest absolute Gasteiger partial charge is 0.207 e. The Labute approximate surface area is 107 Å². The molecule has 0 bridgehead atoms. The van der Waals surface area contributed by atoms with Gasteiger partial charge in [0.15, 0.2) is 0 Å². The number of halogens is 1. The fraction of sp³-hybridized carbons (Fsp3) is 0.462. The van der Waals surface area contributed by atoms with E-state index in [2.05, 4.69) is 5.32 Å². The van der Waals surface area contributed by atoms with Crippen LogP contribution in [-0.4, -0.2) is 19.1 Å². The van der Waals surface area contributed by atoms with Crippen molar-refractivity contribution in [2.75, 3.05) is 6.61 Å². The summed E-state index contributed by atoms with van der Waals surface area (Å²) in [6.45, 7) is 4.55. The fourth-order valence-corrected chi connectivity index (χ4v) is 1.81. The lowest BCUT2D eigenvalue weighted by Crippen LogP contribution is -2.29. The summed E-state index contributed by atoms with van der Waals surface area (Å²) >= 11 is 6.01. The number of ether oxygens (including phenoxy) is 1. The zero-order valence-electron chi connectivity index (χ0n) is 10.2. The Balaban J connectivity index is 2.76. The van der Waals surface area contributed by atoms with Crippen LogP contribution in [0.4, 0.5) is 0 Å². The summed E-state index contributed by atoms with van der Waals surface area (Å²) in [6, 6.07) is 5.87. The zero-order chi connectivity index (χ0) is 12.7. The van der Waals surface area contributed by atoms with Gasteiger partial charge in [0.25, 0.3) is 0 Å². The van der Waals surface area contributed by atoms with E-state index in [9.17, 15) is 4.79 Å². The zero-order valence-corrected chi connectivity index (χ0v) is 11.0. The van der Waals surface area contributed by atoms with Crippen LogP contribution in [0.15, 0.2) is 18.2 Å². The standard InChI is InChI=1S/C13H18ClNO2/c1-3-11(15-9-16)7-10-5-6-12(14)13(8-10)17-4-2/h5-6,8-9,11H,3-4,7H2,1-2H3,(H,15,16)/t11-/m1/s1. The Kier molecular flexibility index (Phi) is 5.84. The molecule has 0 aliphatic rings. The van der Waals surface area contributed by atoms with Crippen molar-refractivity contribution in [2.45, 2.75) is 32.7 Å². The number of nitrogens with one attached hydrogen (secondary N) is 1. The molecule has 0 radical (unpaired) electrons. The molecule has 4 heteroatoms. The molecular formula is C13H18ClNO2. The molecule has 3 nitrogen and oxygen atoms in total. The minimum absolute atomic E-state index is 0.156. The lowest BCUT2D eigenvalue weighted by Gasteiger charge is -2.15. The lowest BCUT2D eigenvalue weighted by molar-refractivity contribution is -0.110. The SMILES string of the molecule is CCOc1cc(C[C@@H](CC)NC=O)ccc1Cl. The van der Waals surface area contributed by atoms with E-state index < -0.39 is 0 Å². The van der Waals surface area contributed by atoms with Gasteiger partial charge in [0.1, 0.15) is 5.75 Å². The minimum Gasteiger partial charge on any atom is -0.492 e. The van der Waals surface area contributed by atoms with Crippen LogP contribution in [0.1, 0.15) is 25.8 Å². The molecule has 0 aliphatic carbocycles. The molecule has 0 fully saturated rings. The van der Waals surface area contributed by atoms with Gasteiger partial charge < -0.3 is 10.1 Å². The molecule has 0 aromatic heterocycles. The van der Waals surface area contributed by atoms with Gasteiger partial charge in [-0.15, -0.1) is 0 Å². The molecule has 1 rings (SSSR count). The fourth-order valence-electron chi connectivity index (χ4n) is 1.64. The first-order chi connectivity index (χ1) is 8.21. The molecule has 94 valence electrons. The van der Waals surface area contributed by atoms with Crippen LogP contribution in [0.5, 0.6) is 5.75 Å². The molecular weight excluding hydrogens is 238 g/mol. The molecule has 0 aliphatic heterocycles. The van der Waals surface area contributed by atoms with E-state index in [1.54, 1.807) is 0 Å². The van der Waals surface area contributed by atoms with Crippen molar-refractivity contribution < 1.29 is 9.53 Å². The molecule has 0 heterocycles. The van der Waals surface area contributed by atoms with Gasteiger partial charge in [-0.25, -0.2) is 0 Å². The first kappa shape index (κ1) is 13.8. The molecule has 1 aromatic rings. The van der Waals surface area contributed by atoms with Gasteiger partial charge in [-0.3, -0.25) is 4.79 Å². The van der Waals surface area contributed by atoms with Crippen LogP contribution < -0.4 is 10.1 Å². The van der Waals surface area contributed by atoms with Gasteiger partial charge >= 0.3 is 0 Å². The number of hydrogen-bond acceptors (Lipinski definition) is 2. The van der Waals surface area contributed by atoms with Crippen molar-refractivity contribution in [1.82, 2.24) is 5.32 Å². The lowest BCUT2D eigenvalue weighted by atomic mass is 10.0. The average molecular weight is 256 g/mol. The molecule has 1 atom stereocenters. The van der Waals surface area contributed by atoms with Crippen LogP contribution in [0.3, 0.4) is 0 Å². The number of carbonyl (C=O) groups is 1. The van der Waals surface area contributed by atoms with Gasteiger partial charge in [-0.1, -0.05) is 24.6 Å². The summed E-state index contributed by atoms with van der Waals surface area (Å²) in [5.74, 6) is 0.702. The largest absolute Gasteiger partial charge is 0.492 e. The summed E-state index contributed by atoms with van der Waals surface area (Å²) in [5, 5.41) is 3.41. The van der Waals surface area contributed by atoms with E-state index in [0.717, 1.165) is 24.8 Å². The maximum Gasteiger partial charge on any atom is 0.207 e. The molecule has 17 heavy (non-hydrogen) atoms. The molecule has 0 unspecified atom stereocenters. The molecule has 1 amide bonds. The monoisotopic (exact) mass is 255 g/mol. The van der Waals surface area contributed by atoms with Crippen molar-refractivity contribution in [2.24, 2.45) is 0 Å². The van der Waals surface area contributed by atoms with Crippen LogP contribution >= 0.6 is 11.6 Å². The van der Waals surface area contributed by atoms with Crippen molar-refractivity contribution >= 4 is 18.0 Å². The Bertz CT molecular complexity index is 368. The van der Waals surface area contributed by atoms with Crippen molar-refractivity contribution in [1.29, 1.82) is 0 Å². The minimum atomic E-state index is 0.156. The summed E-state index contributed by atoms with van der Waals surface area (Å²) in [4.78, 5) is 10.4. The Morgan fingerprint density at radius 1 is 1.47 bits per heavy atom. The highest BCUT2D eigenvalue weighted by Gasteiger charge is 2.08. The molecule has 1 N–H and O–H groups in total. The van der Waals surface area contributed by atoms with Crippen molar-refractivity contribution in [3.05, 3.63) is 28.8 Å². The van der Waals surface area contributed by atoms with Crippen LogP contribution in [0.2, 0.25) is 5.02 Å². The van der Waals surface area contributed by atoms with Gasteiger partial charge in [-0.2, -0.15) is 0 Å². The van der Waals surface area contributed by atoms with E-state index in [-0.39, 0.29) is 6.04 Å². The Morgan fingerprint density at radius 2 is 2.24 bits per heavy atom. The van der Waals surface area contributed by atoms with E-state index in [1.807, 2.05) is 32.0 Å². The van der Waals surface area contributed by atoms with Crippen molar-refractivity contribution in [3.8, 4) is 5.75 Å². The van der Waals surface area contributed by atoms with E-state index in [4.69, 9.17) is 16.3 Å². The van der Waals surface area contributed by atoms with Gasteiger partial charge in [0.2, 0.25) is 6.41 Å². The third-order valence-electron chi connectivity index (χ3n) is 2.57. The highest BCUT2D eigenvalue weighted by atomic mass is 35.5. The highest BCUT2D eigenvalue weighted by Crippen LogP contribution is 2.26. The first-order valence-electron chi connectivity index (χ1n) is 5.82. The Morgan fingerprint density at radius 3 is 2.82 bits per heavy atom. The second-order valence-corrected chi connectivity index (χ2v) is 4.20. The third kappa shape index (κ3) is 4.27. The van der Waals surface area contributed by atoms with Crippen LogP contribution in [-0.2, 0) is 11.2 Å². The number of rotatable bonds is 7. The summed E-state index contributed by atoms with van der Waals surface area (Å²) in [5.41, 5.74) is 1.11. The van der Waals surface area contributed by atoms with E-state index in [1.165, 1.54) is 0 Å². The van der Waals surface area contributed by atoms with Crippen LogP contribution in [0.25, 0.3) is 0 Å². The van der Waals surface area contributed by atoms with Crippen molar-refractivity contribution in [3.63, 3.8) is 0 Å².